The predicted octanol–water partition coefficient (Wildman–Crippen LogP) is 4.41. The molecule has 0 aliphatic heterocycles. The Morgan fingerprint density at radius 3 is 2.75 bits per heavy atom. The lowest BCUT2D eigenvalue weighted by atomic mass is 10.1. The van der Waals surface area contributed by atoms with Crippen LogP contribution in [0.15, 0.2) is 29.6 Å². The second-order valence-corrected chi connectivity index (χ2v) is 6.72. The van der Waals surface area contributed by atoms with E-state index in [4.69, 9.17) is 5.73 Å². The summed E-state index contributed by atoms with van der Waals surface area (Å²) in [6.45, 7) is 3.89. The van der Waals surface area contributed by atoms with Crippen molar-refractivity contribution in [3.63, 3.8) is 0 Å². The van der Waals surface area contributed by atoms with Crippen molar-refractivity contribution < 1.29 is 4.79 Å². The summed E-state index contributed by atoms with van der Waals surface area (Å²) in [5.74, 6) is -0.0739. The molecule has 0 saturated heterocycles. The minimum atomic E-state index is -0.0739. The highest BCUT2D eigenvalue weighted by Gasteiger charge is 2.14. The molecule has 3 nitrogen and oxygen atoms in total. The van der Waals surface area contributed by atoms with Crippen LogP contribution in [0.1, 0.15) is 20.8 Å². The molecule has 1 amide bonds. The third-order valence-corrected chi connectivity index (χ3v) is 5.41. The topological polar surface area (TPSA) is 55.1 Å². The number of rotatable bonds is 2. The fourth-order valence-electron chi connectivity index (χ4n) is 2.11. The average Bonchev–Trinajstić information content (AvgIpc) is 3.00. The standard InChI is InChI=1S/C15H14N2OS2/c1-8-3-4-10(16)9(2)14(8)17-15(18)13-7-12-11(20-13)5-6-19-12/h3-7H,16H2,1-2H3,(H,17,18). The second-order valence-electron chi connectivity index (χ2n) is 4.69. The summed E-state index contributed by atoms with van der Waals surface area (Å²) >= 11 is 3.17. The highest BCUT2D eigenvalue weighted by Crippen LogP contribution is 2.31. The Morgan fingerprint density at radius 1 is 1.20 bits per heavy atom. The minimum Gasteiger partial charge on any atom is -0.398 e. The maximum Gasteiger partial charge on any atom is 0.265 e. The summed E-state index contributed by atoms with van der Waals surface area (Å²) in [5.41, 5.74) is 9.34. The summed E-state index contributed by atoms with van der Waals surface area (Å²) in [4.78, 5) is 13.1. The first-order valence-corrected chi connectivity index (χ1v) is 7.90. The van der Waals surface area contributed by atoms with Crippen molar-refractivity contribution >= 4 is 49.4 Å². The molecule has 0 saturated carbocycles. The molecular formula is C15H14N2OS2. The van der Waals surface area contributed by atoms with Crippen molar-refractivity contribution in [2.75, 3.05) is 11.1 Å². The van der Waals surface area contributed by atoms with Crippen LogP contribution in [0.25, 0.3) is 9.40 Å². The van der Waals surface area contributed by atoms with Crippen LogP contribution < -0.4 is 11.1 Å². The molecule has 0 aliphatic rings. The first kappa shape index (κ1) is 13.1. The van der Waals surface area contributed by atoms with Crippen LogP contribution in [0, 0.1) is 13.8 Å². The molecule has 5 heteroatoms. The van der Waals surface area contributed by atoms with Crippen molar-refractivity contribution in [3.8, 4) is 0 Å². The molecule has 1 aromatic carbocycles. The third-order valence-electron chi connectivity index (χ3n) is 3.32. The molecule has 3 N–H and O–H groups in total. The van der Waals surface area contributed by atoms with E-state index in [1.54, 1.807) is 11.3 Å². The van der Waals surface area contributed by atoms with Gasteiger partial charge in [0, 0.05) is 20.8 Å². The van der Waals surface area contributed by atoms with Gasteiger partial charge in [0.2, 0.25) is 0 Å². The molecule has 0 radical (unpaired) electrons. The number of thiophene rings is 2. The smallest absolute Gasteiger partial charge is 0.265 e. The number of carbonyl (C=O) groups excluding carboxylic acids is 1. The van der Waals surface area contributed by atoms with Crippen LogP contribution in [0.3, 0.4) is 0 Å². The van der Waals surface area contributed by atoms with Crippen LogP contribution >= 0.6 is 22.7 Å². The molecule has 102 valence electrons. The quantitative estimate of drug-likeness (QED) is 0.689. The van der Waals surface area contributed by atoms with Gasteiger partial charge >= 0.3 is 0 Å². The number of nitrogens with one attached hydrogen (secondary N) is 1. The number of fused-ring (bicyclic) bond motifs is 1. The van der Waals surface area contributed by atoms with Gasteiger partial charge in [0.25, 0.3) is 5.91 Å². The van der Waals surface area contributed by atoms with E-state index in [9.17, 15) is 4.79 Å². The monoisotopic (exact) mass is 302 g/mol. The van der Waals surface area contributed by atoms with Crippen LogP contribution in [0.4, 0.5) is 11.4 Å². The number of amides is 1. The molecule has 0 aliphatic carbocycles. The highest BCUT2D eigenvalue weighted by molar-refractivity contribution is 7.27. The number of carbonyl (C=O) groups is 1. The molecule has 2 heterocycles. The third kappa shape index (κ3) is 2.19. The van der Waals surface area contributed by atoms with Gasteiger partial charge in [0.05, 0.1) is 4.88 Å². The average molecular weight is 302 g/mol. The van der Waals surface area contributed by atoms with Crippen molar-refractivity contribution in [1.29, 1.82) is 0 Å². The van der Waals surface area contributed by atoms with Crippen molar-refractivity contribution in [1.82, 2.24) is 0 Å². The number of benzene rings is 1. The maximum atomic E-state index is 12.4. The fourth-order valence-corrected chi connectivity index (χ4v) is 4.11. The van der Waals surface area contributed by atoms with E-state index >= 15 is 0 Å². The van der Waals surface area contributed by atoms with Gasteiger partial charge in [-0.3, -0.25) is 4.79 Å². The normalized spacial score (nSPS) is 10.9. The second kappa shape index (κ2) is 4.92. The lowest BCUT2D eigenvalue weighted by molar-refractivity contribution is 0.103. The molecule has 3 rings (SSSR count). The summed E-state index contributed by atoms with van der Waals surface area (Å²) in [6, 6.07) is 7.77. The van der Waals surface area contributed by atoms with Crippen molar-refractivity contribution in [2.24, 2.45) is 0 Å². The molecule has 20 heavy (non-hydrogen) atoms. The predicted molar refractivity (Wildman–Crippen MR) is 88.0 cm³/mol. The van der Waals surface area contributed by atoms with Crippen LogP contribution in [-0.4, -0.2) is 5.91 Å². The van der Waals surface area contributed by atoms with Gasteiger partial charge in [0.1, 0.15) is 0 Å². The first-order valence-electron chi connectivity index (χ1n) is 6.20. The Balaban J connectivity index is 1.93. The number of aryl methyl sites for hydroxylation is 1. The van der Waals surface area contributed by atoms with Crippen molar-refractivity contribution in [3.05, 3.63) is 45.6 Å². The molecular weight excluding hydrogens is 288 g/mol. The summed E-state index contributed by atoms with van der Waals surface area (Å²) < 4.78 is 2.31. The Labute approximate surface area is 125 Å². The number of nitrogens with two attached hydrogens (primary N) is 1. The number of anilines is 2. The zero-order valence-corrected chi connectivity index (χ0v) is 12.8. The minimum absolute atomic E-state index is 0.0739. The summed E-state index contributed by atoms with van der Waals surface area (Å²) in [6.07, 6.45) is 0. The van der Waals surface area contributed by atoms with Crippen molar-refractivity contribution in [2.45, 2.75) is 13.8 Å². The van der Waals surface area contributed by atoms with Gasteiger partial charge < -0.3 is 11.1 Å². The molecule has 0 fully saturated rings. The van der Waals surface area contributed by atoms with E-state index in [1.807, 2.05) is 43.5 Å². The van der Waals surface area contributed by atoms with E-state index in [2.05, 4.69) is 5.32 Å². The number of nitrogen functional groups attached to an aromatic ring is 1. The van der Waals surface area contributed by atoms with E-state index < -0.39 is 0 Å². The maximum absolute atomic E-state index is 12.4. The summed E-state index contributed by atoms with van der Waals surface area (Å²) in [5, 5.41) is 5.02. The zero-order chi connectivity index (χ0) is 14.3. The van der Waals surface area contributed by atoms with E-state index in [1.165, 1.54) is 11.3 Å². The van der Waals surface area contributed by atoms with Crippen LogP contribution in [-0.2, 0) is 0 Å². The highest BCUT2D eigenvalue weighted by atomic mass is 32.1. The van der Waals surface area contributed by atoms with E-state index in [0.717, 1.165) is 31.1 Å². The lowest BCUT2D eigenvalue weighted by Gasteiger charge is -2.12. The van der Waals surface area contributed by atoms with Gasteiger partial charge in [-0.25, -0.2) is 0 Å². The molecule has 0 spiro atoms. The van der Waals surface area contributed by atoms with Crippen LogP contribution in [0.5, 0.6) is 0 Å². The molecule has 3 aromatic rings. The Bertz CT molecular complexity index is 773. The van der Waals surface area contributed by atoms with Gasteiger partial charge in [0.15, 0.2) is 0 Å². The SMILES string of the molecule is Cc1ccc(N)c(C)c1NC(=O)c1cc2sccc2s1. The Kier molecular flexibility index (Phi) is 3.23. The first-order chi connectivity index (χ1) is 9.56. The van der Waals surface area contributed by atoms with Gasteiger partial charge in [-0.15, -0.1) is 22.7 Å². The summed E-state index contributed by atoms with van der Waals surface area (Å²) in [7, 11) is 0. The zero-order valence-electron chi connectivity index (χ0n) is 11.2. The number of hydrogen-bond donors (Lipinski definition) is 2. The lowest BCUT2D eigenvalue weighted by Crippen LogP contribution is -2.13. The van der Waals surface area contributed by atoms with Gasteiger partial charge in [-0.05, 0) is 48.6 Å². The number of hydrogen-bond acceptors (Lipinski definition) is 4. The van der Waals surface area contributed by atoms with E-state index in [0.29, 0.717) is 5.69 Å². The molecule has 0 bridgehead atoms. The van der Waals surface area contributed by atoms with E-state index in [-0.39, 0.29) is 5.91 Å². The molecule has 2 aromatic heterocycles. The largest absolute Gasteiger partial charge is 0.398 e. The Morgan fingerprint density at radius 2 is 2.00 bits per heavy atom. The van der Waals surface area contributed by atoms with Gasteiger partial charge in [-0.2, -0.15) is 0 Å². The Hall–Kier alpha value is -1.85. The van der Waals surface area contributed by atoms with Crippen LogP contribution in [0.2, 0.25) is 0 Å². The fraction of sp³-hybridized carbons (Fsp3) is 0.133. The molecule has 0 unspecified atom stereocenters. The van der Waals surface area contributed by atoms with Gasteiger partial charge in [-0.1, -0.05) is 6.07 Å². The molecule has 0 atom stereocenters.